The number of benzene rings is 1. The van der Waals surface area contributed by atoms with Crippen LogP contribution in [0, 0.1) is 20.8 Å². The molecule has 0 saturated heterocycles. The first kappa shape index (κ1) is 9.97. The van der Waals surface area contributed by atoms with Crippen molar-refractivity contribution in [3.8, 4) is 11.3 Å². The molecule has 2 aromatic rings. The molecule has 0 bridgehead atoms. The molecule has 2 heteroatoms. The normalized spacial score (nSPS) is 10.7. The van der Waals surface area contributed by atoms with Crippen LogP contribution >= 0.6 is 0 Å². The van der Waals surface area contributed by atoms with Gasteiger partial charge in [-0.1, -0.05) is 12.1 Å². The van der Waals surface area contributed by atoms with Gasteiger partial charge in [0.2, 0.25) is 0 Å². The zero-order valence-electron chi connectivity index (χ0n) is 9.70. The van der Waals surface area contributed by atoms with Gasteiger partial charge < -0.3 is 0 Å². The van der Waals surface area contributed by atoms with Gasteiger partial charge in [0.15, 0.2) is 0 Å². The van der Waals surface area contributed by atoms with Crippen molar-refractivity contribution in [1.82, 2.24) is 9.78 Å². The summed E-state index contributed by atoms with van der Waals surface area (Å²) in [4.78, 5) is 0. The second kappa shape index (κ2) is 3.54. The topological polar surface area (TPSA) is 17.8 Å². The van der Waals surface area contributed by atoms with Gasteiger partial charge in [0, 0.05) is 18.8 Å². The van der Waals surface area contributed by atoms with E-state index in [0.717, 1.165) is 0 Å². The lowest BCUT2D eigenvalue weighted by Gasteiger charge is -2.11. The number of aryl methyl sites for hydroxylation is 2. The van der Waals surface area contributed by atoms with Gasteiger partial charge in [-0.3, -0.25) is 4.68 Å². The molecule has 2 nitrogen and oxygen atoms in total. The van der Waals surface area contributed by atoms with Crippen molar-refractivity contribution in [3.05, 3.63) is 41.1 Å². The minimum Gasteiger partial charge on any atom is -0.268 e. The highest BCUT2D eigenvalue weighted by Crippen LogP contribution is 2.26. The van der Waals surface area contributed by atoms with Crippen molar-refractivity contribution in [2.45, 2.75) is 20.8 Å². The lowest BCUT2D eigenvalue weighted by molar-refractivity contribution is 0.775. The average Bonchev–Trinajstić information content (AvgIpc) is 2.62. The summed E-state index contributed by atoms with van der Waals surface area (Å²) >= 11 is 0. The van der Waals surface area contributed by atoms with Crippen molar-refractivity contribution in [1.29, 1.82) is 0 Å². The van der Waals surface area contributed by atoms with Crippen LogP contribution in [0.5, 0.6) is 0 Å². The Morgan fingerprint density at radius 1 is 1.00 bits per heavy atom. The molecule has 1 aromatic heterocycles. The van der Waals surface area contributed by atoms with Gasteiger partial charge in [0.25, 0.3) is 0 Å². The molecule has 2 rings (SSSR count). The molecule has 0 radical (unpaired) electrons. The second-order valence-electron chi connectivity index (χ2n) is 4.02. The molecule has 0 fully saturated rings. The Kier molecular flexibility index (Phi) is 2.35. The average molecular weight is 200 g/mol. The summed E-state index contributed by atoms with van der Waals surface area (Å²) in [6.45, 7) is 6.49. The van der Waals surface area contributed by atoms with E-state index in [1.807, 2.05) is 17.9 Å². The molecular weight excluding hydrogens is 184 g/mol. The Labute approximate surface area is 90.6 Å². The van der Waals surface area contributed by atoms with Crippen LogP contribution < -0.4 is 0 Å². The van der Waals surface area contributed by atoms with Gasteiger partial charge in [0.1, 0.15) is 0 Å². The molecule has 0 unspecified atom stereocenters. The molecule has 0 atom stereocenters. The van der Waals surface area contributed by atoms with Crippen LogP contribution in [0.3, 0.4) is 0 Å². The summed E-state index contributed by atoms with van der Waals surface area (Å²) in [5.41, 5.74) is 6.51. The number of hydrogen-bond donors (Lipinski definition) is 0. The lowest BCUT2D eigenvalue weighted by Crippen LogP contribution is -1.97. The Hall–Kier alpha value is -1.57. The highest BCUT2D eigenvalue weighted by atomic mass is 15.3. The summed E-state index contributed by atoms with van der Waals surface area (Å²) in [5.74, 6) is 0. The van der Waals surface area contributed by atoms with E-state index >= 15 is 0 Å². The van der Waals surface area contributed by atoms with Crippen LogP contribution in [0.25, 0.3) is 11.3 Å². The van der Waals surface area contributed by atoms with E-state index in [-0.39, 0.29) is 0 Å². The van der Waals surface area contributed by atoms with Crippen LogP contribution in [0.2, 0.25) is 0 Å². The maximum atomic E-state index is 4.20. The Bertz CT molecular complexity index is 495. The summed E-state index contributed by atoms with van der Waals surface area (Å²) in [7, 11) is 1.98. The molecule has 1 heterocycles. The predicted molar refractivity (Wildman–Crippen MR) is 62.9 cm³/mol. The van der Waals surface area contributed by atoms with E-state index in [1.165, 1.54) is 27.9 Å². The van der Waals surface area contributed by atoms with Gasteiger partial charge in [-0.25, -0.2) is 0 Å². The van der Waals surface area contributed by atoms with Crippen molar-refractivity contribution in [3.63, 3.8) is 0 Å². The van der Waals surface area contributed by atoms with E-state index in [0.29, 0.717) is 0 Å². The highest BCUT2D eigenvalue weighted by molar-refractivity contribution is 5.66. The van der Waals surface area contributed by atoms with Gasteiger partial charge >= 0.3 is 0 Å². The van der Waals surface area contributed by atoms with E-state index < -0.39 is 0 Å². The Morgan fingerprint density at radius 3 is 2.33 bits per heavy atom. The van der Waals surface area contributed by atoms with E-state index in [1.54, 1.807) is 0 Å². The molecule has 1 aromatic carbocycles. The number of rotatable bonds is 1. The minimum absolute atomic E-state index is 1.18. The molecule has 15 heavy (non-hydrogen) atoms. The number of aromatic nitrogens is 2. The van der Waals surface area contributed by atoms with Crippen LogP contribution in [0.1, 0.15) is 16.7 Å². The molecule has 0 aliphatic rings. The largest absolute Gasteiger partial charge is 0.268 e. The van der Waals surface area contributed by atoms with Gasteiger partial charge in [-0.2, -0.15) is 5.10 Å². The lowest BCUT2D eigenvalue weighted by atomic mass is 9.97. The maximum Gasteiger partial charge on any atom is 0.0681 e. The predicted octanol–water partition coefficient (Wildman–Crippen LogP) is 3.01. The molecular formula is C13H16N2. The van der Waals surface area contributed by atoms with E-state index in [2.05, 4.69) is 44.1 Å². The number of nitrogens with zero attached hydrogens (tertiary/aromatic N) is 2. The molecule has 78 valence electrons. The van der Waals surface area contributed by atoms with Gasteiger partial charge in [0.05, 0.1) is 5.69 Å². The van der Waals surface area contributed by atoms with Crippen molar-refractivity contribution >= 4 is 0 Å². The quantitative estimate of drug-likeness (QED) is 0.692. The van der Waals surface area contributed by atoms with Crippen LogP contribution in [-0.2, 0) is 7.05 Å². The smallest absolute Gasteiger partial charge is 0.0681 e. The van der Waals surface area contributed by atoms with E-state index in [4.69, 9.17) is 0 Å². The third kappa shape index (κ3) is 1.56. The first-order valence-electron chi connectivity index (χ1n) is 5.16. The Morgan fingerprint density at radius 2 is 1.73 bits per heavy atom. The summed E-state index contributed by atoms with van der Waals surface area (Å²) in [6.07, 6.45) is 1.84. The van der Waals surface area contributed by atoms with Gasteiger partial charge in [-0.05, 0) is 43.5 Å². The summed E-state index contributed by atoms with van der Waals surface area (Å²) < 4.78 is 1.91. The van der Waals surface area contributed by atoms with Crippen molar-refractivity contribution in [2.75, 3.05) is 0 Å². The molecule has 0 aliphatic carbocycles. The first-order valence-corrected chi connectivity index (χ1v) is 5.16. The van der Waals surface area contributed by atoms with Crippen LogP contribution in [-0.4, -0.2) is 9.78 Å². The monoisotopic (exact) mass is 200 g/mol. The SMILES string of the molecule is Cc1ccc(-c2ccnn2C)c(C)c1C. The standard InChI is InChI=1S/C13H16N2/c1-9-5-6-12(11(3)10(9)2)13-7-8-14-15(13)4/h5-8H,1-4H3. The van der Waals surface area contributed by atoms with Crippen molar-refractivity contribution < 1.29 is 0 Å². The fraction of sp³-hybridized carbons (Fsp3) is 0.308. The van der Waals surface area contributed by atoms with Crippen LogP contribution in [0.15, 0.2) is 24.4 Å². The summed E-state index contributed by atoms with van der Waals surface area (Å²) in [5, 5.41) is 4.20. The van der Waals surface area contributed by atoms with Crippen molar-refractivity contribution in [2.24, 2.45) is 7.05 Å². The van der Waals surface area contributed by atoms with Crippen LogP contribution in [0.4, 0.5) is 0 Å². The third-order valence-electron chi connectivity index (χ3n) is 3.15. The highest BCUT2D eigenvalue weighted by Gasteiger charge is 2.08. The second-order valence-corrected chi connectivity index (χ2v) is 4.02. The molecule has 0 N–H and O–H groups in total. The Balaban J connectivity index is 2.65. The molecule has 0 aliphatic heterocycles. The van der Waals surface area contributed by atoms with E-state index in [9.17, 15) is 0 Å². The fourth-order valence-electron chi connectivity index (χ4n) is 1.87. The zero-order valence-corrected chi connectivity index (χ0v) is 9.70. The summed E-state index contributed by atoms with van der Waals surface area (Å²) in [6, 6.07) is 6.40. The third-order valence-corrected chi connectivity index (χ3v) is 3.15. The molecule has 0 amide bonds. The molecule has 0 spiro atoms. The molecule has 0 saturated carbocycles. The van der Waals surface area contributed by atoms with Gasteiger partial charge in [-0.15, -0.1) is 0 Å². The maximum absolute atomic E-state index is 4.20. The fourth-order valence-corrected chi connectivity index (χ4v) is 1.87. The first-order chi connectivity index (χ1) is 7.11. The zero-order chi connectivity index (χ0) is 11.0. The number of hydrogen-bond acceptors (Lipinski definition) is 1. The minimum atomic E-state index is 1.18.